The maximum atomic E-state index is 13.5. The molecular formula is C36H39N5O5S. The summed E-state index contributed by atoms with van der Waals surface area (Å²) in [6, 6.07) is 25.8. The summed E-state index contributed by atoms with van der Waals surface area (Å²) in [4.78, 5) is 14.0. The number of benzene rings is 4. The summed E-state index contributed by atoms with van der Waals surface area (Å²) in [6.45, 7) is 6.82. The Balaban J connectivity index is 1.37. The summed E-state index contributed by atoms with van der Waals surface area (Å²) >= 11 is 0. The van der Waals surface area contributed by atoms with Crippen molar-refractivity contribution in [3.63, 3.8) is 0 Å². The van der Waals surface area contributed by atoms with Crippen molar-refractivity contribution < 1.29 is 22.7 Å². The van der Waals surface area contributed by atoms with E-state index in [1.165, 1.54) is 4.90 Å². The van der Waals surface area contributed by atoms with E-state index < -0.39 is 10.0 Å². The molecule has 1 amide bonds. The molecule has 11 heteroatoms. The fraction of sp³-hybridized carbons (Fsp3) is 0.250. The number of hydrogen-bond donors (Lipinski definition) is 2. The fourth-order valence-corrected chi connectivity index (χ4v) is 6.50. The molecule has 0 aliphatic rings. The smallest absolute Gasteiger partial charge is 0.253 e. The van der Waals surface area contributed by atoms with Crippen LogP contribution in [0.5, 0.6) is 11.5 Å². The molecule has 2 N–H and O–H groups in total. The van der Waals surface area contributed by atoms with Crippen LogP contribution in [0.25, 0.3) is 22.0 Å². The van der Waals surface area contributed by atoms with Crippen LogP contribution in [-0.2, 0) is 16.4 Å². The number of aryl methyl sites for hydroxylation is 1. The van der Waals surface area contributed by atoms with Crippen molar-refractivity contribution in [1.82, 2.24) is 19.8 Å². The summed E-state index contributed by atoms with van der Waals surface area (Å²) in [7, 11) is -0.414. The van der Waals surface area contributed by atoms with Gasteiger partial charge in [-0.25, -0.2) is 13.1 Å². The van der Waals surface area contributed by atoms with Crippen molar-refractivity contribution in [2.75, 3.05) is 39.2 Å². The first-order valence-electron chi connectivity index (χ1n) is 15.4. The maximum absolute atomic E-state index is 13.5. The topological polar surface area (TPSA) is 123 Å². The Morgan fingerprint density at radius 3 is 2.23 bits per heavy atom. The van der Waals surface area contributed by atoms with E-state index in [0.717, 1.165) is 22.0 Å². The van der Waals surface area contributed by atoms with Crippen molar-refractivity contribution in [2.45, 2.75) is 32.1 Å². The quantitative estimate of drug-likeness (QED) is 0.150. The van der Waals surface area contributed by atoms with Gasteiger partial charge in [-0.2, -0.15) is 0 Å². The number of aromatic nitrogens is 2. The molecule has 0 radical (unpaired) electrons. The zero-order valence-corrected chi connectivity index (χ0v) is 28.0. The fourth-order valence-electron chi connectivity index (χ4n) is 5.20. The highest BCUT2D eigenvalue weighted by atomic mass is 32.2. The van der Waals surface area contributed by atoms with Crippen LogP contribution in [-0.4, -0.2) is 63.3 Å². The average molecular weight is 654 g/mol. The molecule has 5 aromatic rings. The van der Waals surface area contributed by atoms with Gasteiger partial charge in [0, 0.05) is 48.2 Å². The van der Waals surface area contributed by atoms with Crippen LogP contribution in [0.3, 0.4) is 0 Å². The third kappa shape index (κ3) is 7.70. The molecule has 0 atom stereocenters. The number of ether oxygens (including phenoxy) is 2. The molecule has 47 heavy (non-hydrogen) atoms. The third-order valence-electron chi connectivity index (χ3n) is 7.55. The molecule has 0 spiro atoms. The molecular weight excluding hydrogens is 614 g/mol. The Labute approximate surface area is 275 Å². The minimum atomic E-state index is -3.84. The number of sulfonamides is 1. The molecule has 0 saturated heterocycles. The van der Waals surface area contributed by atoms with Crippen molar-refractivity contribution >= 4 is 38.2 Å². The lowest BCUT2D eigenvalue weighted by Crippen LogP contribution is -2.26. The van der Waals surface area contributed by atoms with Crippen LogP contribution in [0.2, 0.25) is 0 Å². The second-order valence-corrected chi connectivity index (χ2v) is 12.9. The summed E-state index contributed by atoms with van der Waals surface area (Å²) in [5, 5.41) is 13.9. The van der Waals surface area contributed by atoms with Crippen LogP contribution >= 0.6 is 0 Å². The van der Waals surface area contributed by atoms with E-state index in [4.69, 9.17) is 9.47 Å². The zero-order chi connectivity index (χ0) is 33.6. The molecule has 0 saturated carbocycles. The number of nitrogens with one attached hydrogen (secondary N) is 2. The number of hydrogen-bond acceptors (Lipinski definition) is 8. The van der Waals surface area contributed by atoms with Gasteiger partial charge in [0.05, 0.1) is 18.1 Å². The molecule has 0 aliphatic heterocycles. The molecule has 5 rings (SSSR count). The first-order valence-corrected chi connectivity index (χ1v) is 16.9. The summed E-state index contributed by atoms with van der Waals surface area (Å²) in [5.74, 6) is 1.77. The SMILES string of the molecule is CCOc1ccc(CCNS(=O)(=O)c2cc(-c3nnc(Nc4ccc(C(=O)N(C)C)cc4)c4ccccc34)ccc2C)cc1OCC. The normalized spacial score (nSPS) is 11.3. The van der Waals surface area contributed by atoms with Gasteiger partial charge in [-0.15, -0.1) is 10.2 Å². The van der Waals surface area contributed by atoms with Crippen molar-refractivity contribution in [3.8, 4) is 22.8 Å². The number of carbonyl (C=O) groups excluding carboxylic acids is 1. The van der Waals surface area contributed by atoms with E-state index >= 15 is 0 Å². The number of fused-ring (bicyclic) bond motifs is 1. The highest BCUT2D eigenvalue weighted by molar-refractivity contribution is 7.89. The zero-order valence-electron chi connectivity index (χ0n) is 27.2. The predicted molar refractivity (Wildman–Crippen MR) is 185 cm³/mol. The van der Waals surface area contributed by atoms with E-state index in [2.05, 4.69) is 20.2 Å². The van der Waals surface area contributed by atoms with Gasteiger partial charge in [0.25, 0.3) is 5.91 Å². The monoisotopic (exact) mass is 653 g/mol. The maximum Gasteiger partial charge on any atom is 0.253 e. The minimum absolute atomic E-state index is 0.0791. The Morgan fingerprint density at radius 1 is 0.830 bits per heavy atom. The summed E-state index contributed by atoms with van der Waals surface area (Å²) in [6.07, 6.45) is 0.476. The van der Waals surface area contributed by atoms with Gasteiger partial charge < -0.3 is 19.7 Å². The standard InChI is InChI=1S/C36H39N5O5S/c1-6-45-31-19-13-25(22-32(31)46-7-2)20-21-37-47(43,44)33-23-27(14-12-24(33)3)34-29-10-8-9-11-30(29)35(40-39-34)38-28-17-15-26(16-18-28)36(42)41(4)5/h8-19,22-23,37H,6-7,20-21H2,1-5H3,(H,38,40). The van der Waals surface area contributed by atoms with Crippen molar-refractivity contribution in [3.05, 3.63) is 102 Å². The summed E-state index contributed by atoms with van der Waals surface area (Å²) < 4.78 is 41.2. The largest absolute Gasteiger partial charge is 0.490 e. The van der Waals surface area contributed by atoms with Crippen molar-refractivity contribution in [2.24, 2.45) is 0 Å². The number of rotatable bonds is 13. The van der Waals surface area contributed by atoms with E-state index in [-0.39, 0.29) is 17.3 Å². The molecule has 0 unspecified atom stereocenters. The minimum Gasteiger partial charge on any atom is -0.490 e. The highest BCUT2D eigenvalue weighted by Gasteiger charge is 2.20. The summed E-state index contributed by atoms with van der Waals surface area (Å²) in [5.41, 5.74) is 4.07. The molecule has 0 aliphatic carbocycles. The van der Waals surface area contributed by atoms with Gasteiger partial charge in [-0.1, -0.05) is 42.5 Å². The van der Waals surface area contributed by atoms with Crippen LogP contribution < -0.4 is 19.5 Å². The lowest BCUT2D eigenvalue weighted by atomic mass is 10.0. The average Bonchev–Trinajstić information content (AvgIpc) is 3.06. The van der Waals surface area contributed by atoms with Crippen LogP contribution in [0.1, 0.15) is 35.3 Å². The second kappa shape index (κ2) is 14.6. The highest BCUT2D eigenvalue weighted by Crippen LogP contribution is 2.33. The molecule has 244 valence electrons. The van der Waals surface area contributed by atoms with Crippen LogP contribution in [0.15, 0.2) is 89.8 Å². The third-order valence-corrected chi connectivity index (χ3v) is 9.16. The second-order valence-electron chi connectivity index (χ2n) is 11.1. The van der Waals surface area contributed by atoms with E-state index in [9.17, 15) is 13.2 Å². The Morgan fingerprint density at radius 2 is 1.53 bits per heavy atom. The Bertz CT molecular complexity index is 2000. The molecule has 4 aromatic carbocycles. The number of nitrogens with zero attached hydrogens (tertiary/aromatic N) is 3. The van der Waals surface area contributed by atoms with Gasteiger partial charge in [0.1, 0.15) is 5.69 Å². The molecule has 0 fully saturated rings. The van der Waals surface area contributed by atoms with Crippen molar-refractivity contribution in [1.29, 1.82) is 0 Å². The molecule has 1 aromatic heterocycles. The number of carbonyl (C=O) groups is 1. The lowest BCUT2D eigenvalue weighted by Gasteiger charge is -2.15. The molecule has 0 bridgehead atoms. The predicted octanol–water partition coefficient (Wildman–Crippen LogP) is 6.37. The van der Waals surface area contributed by atoms with Gasteiger partial charge in [-0.05, 0) is 80.8 Å². The van der Waals surface area contributed by atoms with Gasteiger partial charge >= 0.3 is 0 Å². The van der Waals surface area contributed by atoms with Gasteiger partial charge in [-0.3, -0.25) is 4.79 Å². The number of anilines is 2. The van der Waals surface area contributed by atoms with Gasteiger partial charge in [0.2, 0.25) is 10.0 Å². The first-order chi connectivity index (χ1) is 22.6. The number of amides is 1. The van der Waals surface area contributed by atoms with E-state index in [1.54, 1.807) is 45.3 Å². The van der Waals surface area contributed by atoms with E-state index in [0.29, 0.717) is 59.3 Å². The molecule has 1 heterocycles. The lowest BCUT2D eigenvalue weighted by molar-refractivity contribution is 0.0827. The molecule has 10 nitrogen and oxygen atoms in total. The van der Waals surface area contributed by atoms with E-state index in [1.807, 2.05) is 74.5 Å². The Hall–Kier alpha value is -5.00. The van der Waals surface area contributed by atoms with Gasteiger partial charge in [0.15, 0.2) is 17.3 Å². The first kappa shape index (κ1) is 33.4. The van der Waals surface area contributed by atoms with Crippen LogP contribution in [0.4, 0.5) is 11.5 Å². The Kier molecular flexibility index (Phi) is 10.4. The van der Waals surface area contributed by atoms with Crippen LogP contribution in [0, 0.1) is 6.92 Å².